The lowest BCUT2D eigenvalue weighted by molar-refractivity contribution is 0.269. The number of hydrogen-bond donors (Lipinski definition) is 1. The molecule has 0 saturated carbocycles. The Morgan fingerprint density at radius 1 is 1.00 bits per heavy atom. The van der Waals surface area contributed by atoms with Gasteiger partial charge in [-0.25, -0.2) is 0 Å². The van der Waals surface area contributed by atoms with Crippen molar-refractivity contribution < 1.29 is 5.11 Å². The summed E-state index contributed by atoms with van der Waals surface area (Å²) in [5.74, 6) is 0.335. The summed E-state index contributed by atoms with van der Waals surface area (Å²) in [6.45, 7) is 8.26. The Kier molecular flexibility index (Phi) is 3.43. The number of likely N-dealkylation sites (tertiary alicyclic amines) is 1. The van der Waals surface area contributed by atoms with Crippen molar-refractivity contribution in [3.8, 4) is 5.75 Å². The molecule has 0 aromatic heterocycles. The fourth-order valence-corrected chi connectivity index (χ4v) is 3.25. The summed E-state index contributed by atoms with van der Waals surface area (Å²) < 4.78 is 0. The van der Waals surface area contributed by atoms with E-state index in [1.54, 1.807) is 6.07 Å². The third-order valence-electron chi connectivity index (χ3n) is 4.42. The maximum atomic E-state index is 9.54. The fraction of sp³-hybridized carbons (Fsp3) is 0.444. The van der Waals surface area contributed by atoms with Crippen molar-refractivity contribution >= 4 is 10.8 Å². The van der Waals surface area contributed by atoms with E-state index in [2.05, 4.69) is 36.9 Å². The van der Waals surface area contributed by atoms with Crippen LogP contribution in [0.1, 0.15) is 32.3 Å². The average molecular weight is 269 g/mol. The summed E-state index contributed by atoms with van der Waals surface area (Å²) in [5.41, 5.74) is 1.54. The summed E-state index contributed by atoms with van der Waals surface area (Å²) in [7, 11) is 0. The van der Waals surface area contributed by atoms with Gasteiger partial charge in [0.15, 0.2) is 0 Å². The zero-order chi connectivity index (χ0) is 14.2. The molecule has 0 bridgehead atoms. The van der Waals surface area contributed by atoms with E-state index in [1.165, 1.54) is 36.9 Å². The molecule has 0 amide bonds. The molecule has 106 valence electrons. The van der Waals surface area contributed by atoms with Crippen molar-refractivity contribution in [2.45, 2.75) is 32.1 Å². The van der Waals surface area contributed by atoms with Crippen molar-refractivity contribution in [2.24, 2.45) is 0 Å². The zero-order valence-electron chi connectivity index (χ0n) is 12.4. The Hall–Kier alpha value is -1.54. The molecule has 20 heavy (non-hydrogen) atoms. The molecule has 0 unspecified atom stereocenters. The third-order valence-corrected chi connectivity index (χ3v) is 4.42. The fourth-order valence-electron chi connectivity index (χ4n) is 3.25. The highest BCUT2D eigenvalue weighted by molar-refractivity contribution is 5.84. The van der Waals surface area contributed by atoms with Gasteiger partial charge in [0.25, 0.3) is 0 Å². The van der Waals surface area contributed by atoms with E-state index in [0.29, 0.717) is 5.75 Å². The minimum absolute atomic E-state index is 0.163. The first-order valence-electron chi connectivity index (χ1n) is 7.50. The van der Waals surface area contributed by atoms with Gasteiger partial charge in [-0.2, -0.15) is 0 Å². The van der Waals surface area contributed by atoms with Gasteiger partial charge >= 0.3 is 0 Å². The highest BCUT2D eigenvalue weighted by atomic mass is 16.3. The van der Waals surface area contributed by atoms with Gasteiger partial charge in [-0.3, -0.25) is 0 Å². The van der Waals surface area contributed by atoms with Crippen LogP contribution in [-0.4, -0.2) is 29.6 Å². The molecule has 1 fully saturated rings. The molecule has 1 saturated heterocycles. The Morgan fingerprint density at radius 2 is 1.65 bits per heavy atom. The second kappa shape index (κ2) is 5.10. The van der Waals surface area contributed by atoms with E-state index in [-0.39, 0.29) is 5.41 Å². The SMILES string of the molecule is CC(C)(CN1CCCC1)c1ccc2cc(O)ccc2c1. The molecule has 1 aliphatic rings. The van der Waals surface area contributed by atoms with E-state index in [9.17, 15) is 5.11 Å². The lowest BCUT2D eigenvalue weighted by atomic mass is 9.83. The molecule has 1 aliphatic heterocycles. The first-order valence-corrected chi connectivity index (χ1v) is 7.50. The quantitative estimate of drug-likeness (QED) is 0.913. The number of aromatic hydroxyl groups is 1. The molecule has 0 radical (unpaired) electrons. The summed E-state index contributed by atoms with van der Waals surface area (Å²) in [6.07, 6.45) is 2.68. The lowest BCUT2D eigenvalue weighted by Crippen LogP contribution is -2.35. The van der Waals surface area contributed by atoms with E-state index in [4.69, 9.17) is 0 Å². The molecular weight excluding hydrogens is 246 g/mol. The van der Waals surface area contributed by atoms with Crippen LogP contribution in [0.25, 0.3) is 10.8 Å². The Balaban J connectivity index is 1.89. The van der Waals surface area contributed by atoms with E-state index >= 15 is 0 Å². The molecule has 0 atom stereocenters. The van der Waals surface area contributed by atoms with Crippen molar-refractivity contribution in [1.29, 1.82) is 0 Å². The summed E-state index contributed by atoms with van der Waals surface area (Å²) >= 11 is 0. The zero-order valence-corrected chi connectivity index (χ0v) is 12.4. The van der Waals surface area contributed by atoms with Crippen molar-refractivity contribution in [3.05, 3.63) is 42.0 Å². The summed E-state index contributed by atoms with van der Waals surface area (Å²) in [6, 6.07) is 12.2. The molecule has 2 aromatic carbocycles. The number of rotatable bonds is 3. The number of fused-ring (bicyclic) bond motifs is 1. The second-order valence-electron chi connectivity index (χ2n) is 6.61. The van der Waals surface area contributed by atoms with Gasteiger partial charge in [0, 0.05) is 12.0 Å². The van der Waals surface area contributed by atoms with Crippen molar-refractivity contribution in [3.63, 3.8) is 0 Å². The number of hydrogen-bond acceptors (Lipinski definition) is 2. The van der Waals surface area contributed by atoms with E-state index < -0.39 is 0 Å². The molecule has 1 N–H and O–H groups in total. The first-order chi connectivity index (χ1) is 9.54. The molecule has 2 heteroatoms. The Morgan fingerprint density at radius 3 is 2.40 bits per heavy atom. The maximum absolute atomic E-state index is 9.54. The number of phenolic OH excluding ortho intramolecular Hbond substituents is 1. The largest absolute Gasteiger partial charge is 0.508 e. The smallest absolute Gasteiger partial charge is 0.116 e. The van der Waals surface area contributed by atoms with Crippen LogP contribution in [0.2, 0.25) is 0 Å². The summed E-state index contributed by atoms with van der Waals surface area (Å²) in [4.78, 5) is 2.57. The molecule has 3 rings (SSSR count). The predicted molar refractivity (Wildman–Crippen MR) is 84.3 cm³/mol. The molecular formula is C18H23NO. The van der Waals surface area contributed by atoms with Crippen LogP contribution in [0.15, 0.2) is 36.4 Å². The van der Waals surface area contributed by atoms with Gasteiger partial charge in [0.05, 0.1) is 0 Å². The van der Waals surface area contributed by atoms with Gasteiger partial charge in [-0.05, 0) is 54.4 Å². The monoisotopic (exact) mass is 269 g/mol. The van der Waals surface area contributed by atoms with E-state index in [1.807, 2.05) is 12.1 Å². The summed E-state index contributed by atoms with van der Waals surface area (Å²) in [5, 5.41) is 11.8. The molecule has 0 aliphatic carbocycles. The van der Waals surface area contributed by atoms with Crippen LogP contribution in [0.4, 0.5) is 0 Å². The van der Waals surface area contributed by atoms with Gasteiger partial charge < -0.3 is 10.0 Å². The van der Waals surface area contributed by atoms with Gasteiger partial charge in [-0.1, -0.05) is 38.1 Å². The standard InChI is InChI=1S/C18H23NO/c1-18(2,13-19-9-3-4-10-19)16-7-5-15-12-17(20)8-6-14(15)11-16/h5-8,11-12,20H,3-4,9-10,13H2,1-2H3. The minimum atomic E-state index is 0.163. The normalized spacial score (nSPS) is 16.9. The number of benzene rings is 2. The van der Waals surface area contributed by atoms with Crippen LogP contribution in [0.3, 0.4) is 0 Å². The molecule has 2 nitrogen and oxygen atoms in total. The lowest BCUT2D eigenvalue weighted by Gasteiger charge is -2.31. The van der Waals surface area contributed by atoms with Gasteiger partial charge in [0.2, 0.25) is 0 Å². The first kappa shape index (κ1) is 13.4. The number of nitrogens with zero attached hydrogens (tertiary/aromatic N) is 1. The van der Waals surface area contributed by atoms with Crippen LogP contribution >= 0.6 is 0 Å². The van der Waals surface area contributed by atoms with Crippen LogP contribution < -0.4 is 0 Å². The van der Waals surface area contributed by atoms with Crippen LogP contribution in [-0.2, 0) is 5.41 Å². The van der Waals surface area contributed by atoms with Crippen molar-refractivity contribution in [2.75, 3.05) is 19.6 Å². The average Bonchev–Trinajstić information content (AvgIpc) is 2.90. The minimum Gasteiger partial charge on any atom is -0.508 e. The third kappa shape index (κ3) is 2.66. The maximum Gasteiger partial charge on any atom is 0.116 e. The highest BCUT2D eigenvalue weighted by Gasteiger charge is 2.25. The Bertz CT molecular complexity index is 612. The number of phenols is 1. The Labute approximate surface area is 121 Å². The van der Waals surface area contributed by atoms with Gasteiger partial charge in [-0.15, -0.1) is 0 Å². The molecule has 1 heterocycles. The highest BCUT2D eigenvalue weighted by Crippen LogP contribution is 2.29. The molecule has 2 aromatic rings. The molecule has 0 spiro atoms. The van der Waals surface area contributed by atoms with Crippen LogP contribution in [0.5, 0.6) is 5.75 Å². The van der Waals surface area contributed by atoms with Crippen molar-refractivity contribution in [1.82, 2.24) is 4.90 Å². The van der Waals surface area contributed by atoms with Gasteiger partial charge in [0.1, 0.15) is 5.75 Å². The van der Waals surface area contributed by atoms with Crippen LogP contribution in [0, 0.1) is 0 Å². The van der Waals surface area contributed by atoms with E-state index in [0.717, 1.165) is 11.9 Å². The predicted octanol–water partition coefficient (Wildman–Crippen LogP) is 3.92. The second-order valence-corrected chi connectivity index (χ2v) is 6.61. The topological polar surface area (TPSA) is 23.5 Å².